The Balaban J connectivity index is 1.05. The van der Waals surface area contributed by atoms with Crippen molar-refractivity contribution in [2.24, 2.45) is 0 Å². The lowest BCUT2D eigenvalue weighted by Gasteiger charge is -2.46. The van der Waals surface area contributed by atoms with Crippen molar-refractivity contribution in [3.8, 4) is 67.5 Å². The maximum Gasteiger partial charge on any atom is 0.164 e. The Morgan fingerprint density at radius 3 is 1.44 bits per heavy atom. The average molecular weight is 792 g/mol. The standard InChI is InChI=1S/C59H41N3/c1-58(2)50-28-13-15-30-52(50)59(53-31-16-14-29-51(53)58)49-27-12-11-26-46(49)47-33-32-41(37-54(47)59)43-34-35-48(45-25-10-9-24-44(43)45)57-61-55(39-20-7-4-8-21-39)60-56(62-57)42-23-17-22-40(36-42)38-18-5-3-6-19-38/h3-37H,1-2H3. The van der Waals surface area contributed by atoms with Crippen LogP contribution in [-0.2, 0) is 10.8 Å². The van der Waals surface area contributed by atoms with Crippen molar-refractivity contribution in [2.45, 2.75) is 24.7 Å². The summed E-state index contributed by atoms with van der Waals surface area (Å²) in [4.78, 5) is 15.5. The molecule has 10 aromatic rings. The van der Waals surface area contributed by atoms with Crippen molar-refractivity contribution >= 4 is 10.8 Å². The molecule has 1 spiro atoms. The van der Waals surface area contributed by atoms with Crippen molar-refractivity contribution in [3.63, 3.8) is 0 Å². The first-order chi connectivity index (χ1) is 30.5. The van der Waals surface area contributed by atoms with Crippen molar-refractivity contribution < 1.29 is 0 Å². The Labute approximate surface area is 362 Å². The minimum atomic E-state index is -0.465. The van der Waals surface area contributed by atoms with Gasteiger partial charge in [0.15, 0.2) is 17.5 Å². The largest absolute Gasteiger partial charge is 0.208 e. The molecule has 0 atom stereocenters. The number of aromatic nitrogens is 3. The first kappa shape index (κ1) is 36.1. The summed E-state index contributed by atoms with van der Waals surface area (Å²) in [6.45, 7) is 4.76. The summed E-state index contributed by atoms with van der Waals surface area (Å²) in [6, 6.07) is 76.8. The third kappa shape index (κ3) is 5.34. The lowest BCUT2D eigenvalue weighted by atomic mass is 9.55. The van der Waals surface area contributed by atoms with Crippen LogP contribution in [0.1, 0.15) is 47.2 Å². The molecule has 0 fully saturated rings. The molecule has 62 heavy (non-hydrogen) atoms. The Morgan fingerprint density at radius 1 is 0.274 bits per heavy atom. The predicted octanol–water partition coefficient (Wildman–Crippen LogP) is 14.4. The van der Waals surface area contributed by atoms with Gasteiger partial charge in [0.1, 0.15) is 0 Å². The smallest absolute Gasteiger partial charge is 0.164 e. The molecule has 0 aliphatic heterocycles. The van der Waals surface area contributed by atoms with E-state index in [0.29, 0.717) is 17.5 Å². The molecular weight excluding hydrogens is 751 g/mol. The second kappa shape index (κ2) is 13.9. The van der Waals surface area contributed by atoms with E-state index in [2.05, 4.69) is 202 Å². The molecule has 292 valence electrons. The zero-order valence-corrected chi connectivity index (χ0v) is 34.5. The molecule has 1 aromatic heterocycles. The van der Waals surface area contributed by atoms with Crippen molar-refractivity contribution in [1.82, 2.24) is 15.0 Å². The predicted molar refractivity (Wildman–Crippen MR) is 254 cm³/mol. The van der Waals surface area contributed by atoms with E-state index in [1.54, 1.807) is 0 Å². The first-order valence-electron chi connectivity index (χ1n) is 21.4. The highest BCUT2D eigenvalue weighted by atomic mass is 15.0. The van der Waals surface area contributed by atoms with Gasteiger partial charge in [0.05, 0.1) is 5.41 Å². The van der Waals surface area contributed by atoms with Gasteiger partial charge in [0.2, 0.25) is 0 Å². The van der Waals surface area contributed by atoms with Crippen molar-refractivity contribution in [2.75, 3.05) is 0 Å². The van der Waals surface area contributed by atoms with Crippen LogP contribution in [0, 0.1) is 0 Å². The highest BCUT2D eigenvalue weighted by Crippen LogP contribution is 2.62. The maximum absolute atomic E-state index is 5.25. The van der Waals surface area contributed by atoms with Gasteiger partial charge < -0.3 is 0 Å². The molecule has 0 radical (unpaired) electrons. The normalized spacial score (nSPS) is 13.9. The van der Waals surface area contributed by atoms with Crippen LogP contribution in [-0.4, -0.2) is 15.0 Å². The fourth-order valence-corrected chi connectivity index (χ4v) is 10.6. The zero-order chi connectivity index (χ0) is 41.4. The monoisotopic (exact) mass is 791 g/mol. The van der Waals surface area contributed by atoms with Gasteiger partial charge in [-0.1, -0.05) is 208 Å². The highest BCUT2D eigenvalue weighted by molar-refractivity contribution is 6.05. The zero-order valence-electron chi connectivity index (χ0n) is 34.5. The second-order valence-electron chi connectivity index (χ2n) is 17.1. The summed E-state index contributed by atoms with van der Waals surface area (Å²) >= 11 is 0. The van der Waals surface area contributed by atoms with Crippen LogP contribution < -0.4 is 0 Å². The topological polar surface area (TPSA) is 38.7 Å². The summed E-state index contributed by atoms with van der Waals surface area (Å²) in [6.07, 6.45) is 0. The van der Waals surface area contributed by atoms with E-state index in [-0.39, 0.29) is 5.41 Å². The minimum absolute atomic E-state index is 0.153. The van der Waals surface area contributed by atoms with Gasteiger partial charge in [-0.05, 0) is 95.7 Å². The summed E-state index contributed by atoms with van der Waals surface area (Å²) in [7, 11) is 0. The summed E-state index contributed by atoms with van der Waals surface area (Å²) in [5.41, 5.74) is 17.6. The molecular formula is C59H41N3. The molecule has 0 N–H and O–H groups in total. The maximum atomic E-state index is 5.25. The highest BCUT2D eigenvalue weighted by Gasteiger charge is 2.53. The van der Waals surface area contributed by atoms with Crippen LogP contribution in [0.5, 0.6) is 0 Å². The summed E-state index contributed by atoms with van der Waals surface area (Å²) in [5, 5.41) is 2.24. The Morgan fingerprint density at radius 2 is 0.742 bits per heavy atom. The van der Waals surface area contributed by atoms with Gasteiger partial charge in [-0.15, -0.1) is 0 Å². The van der Waals surface area contributed by atoms with Crippen molar-refractivity contribution in [1.29, 1.82) is 0 Å². The molecule has 2 aliphatic carbocycles. The number of hydrogen-bond donors (Lipinski definition) is 0. The van der Waals surface area contributed by atoms with Crippen LogP contribution in [0.4, 0.5) is 0 Å². The second-order valence-corrected chi connectivity index (χ2v) is 17.1. The van der Waals surface area contributed by atoms with Crippen LogP contribution in [0.2, 0.25) is 0 Å². The van der Waals surface area contributed by atoms with E-state index in [4.69, 9.17) is 15.0 Å². The van der Waals surface area contributed by atoms with Crippen molar-refractivity contribution in [3.05, 3.63) is 246 Å². The van der Waals surface area contributed by atoms with Crippen LogP contribution in [0.25, 0.3) is 78.3 Å². The number of fused-ring (bicyclic) bond motifs is 10. The van der Waals surface area contributed by atoms with Gasteiger partial charge in [-0.3, -0.25) is 0 Å². The van der Waals surface area contributed by atoms with E-state index >= 15 is 0 Å². The Hall–Kier alpha value is -7.75. The lowest BCUT2D eigenvalue weighted by Crippen LogP contribution is -2.40. The molecule has 0 saturated carbocycles. The third-order valence-corrected chi connectivity index (χ3v) is 13.4. The van der Waals surface area contributed by atoms with Crippen LogP contribution >= 0.6 is 0 Å². The number of benzene rings is 9. The average Bonchev–Trinajstić information content (AvgIpc) is 3.63. The fraction of sp³-hybridized carbons (Fsp3) is 0.0678. The molecule has 0 bridgehead atoms. The SMILES string of the molecule is CC1(C)c2ccccc2C2(c3ccccc3-c3ccc(-c4ccc(-c5nc(-c6ccccc6)nc(-c6cccc(-c7ccccc7)c6)n5)c5ccccc45)cc32)c2ccccc21. The van der Waals surface area contributed by atoms with Gasteiger partial charge in [-0.25, -0.2) is 15.0 Å². The molecule has 9 aromatic carbocycles. The van der Waals surface area contributed by atoms with Crippen LogP contribution in [0.15, 0.2) is 212 Å². The quantitative estimate of drug-likeness (QED) is 0.174. The first-order valence-corrected chi connectivity index (χ1v) is 21.4. The van der Waals surface area contributed by atoms with E-state index < -0.39 is 5.41 Å². The Kier molecular flexibility index (Phi) is 8.10. The number of nitrogens with zero attached hydrogens (tertiary/aromatic N) is 3. The lowest BCUT2D eigenvalue weighted by molar-refractivity contribution is 0.563. The Bertz CT molecular complexity index is 3330. The molecule has 3 nitrogen and oxygen atoms in total. The van der Waals surface area contributed by atoms with E-state index in [1.165, 1.54) is 55.6 Å². The minimum Gasteiger partial charge on any atom is -0.208 e. The fourth-order valence-electron chi connectivity index (χ4n) is 10.6. The van der Waals surface area contributed by atoms with Gasteiger partial charge in [-0.2, -0.15) is 0 Å². The number of hydrogen-bond acceptors (Lipinski definition) is 3. The molecule has 2 aliphatic rings. The third-order valence-electron chi connectivity index (χ3n) is 13.4. The molecule has 12 rings (SSSR count). The molecule has 0 saturated heterocycles. The molecule has 0 unspecified atom stereocenters. The number of rotatable bonds is 5. The van der Waals surface area contributed by atoms with E-state index in [0.717, 1.165) is 38.6 Å². The molecule has 3 heteroatoms. The van der Waals surface area contributed by atoms with Gasteiger partial charge in [0, 0.05) is 22.1 Å². The van der Waals surface area contributed by atoms with Crippen LogP contribution in [0.3, 0.4) is 0 Å². The summed E-state index contributed by atoms with van der Waals surface area (Å²) < 4.78 is 0. The molecule has 0 amide bonds. The van der Waals surface area contributed by atoms with E-state index in [1.807, 2.05) is 24.3 Å². The summed E-state index contributed by atoms with van der Waals surface area (Å²) in [5.74, 6) is 1.92. The van der Waals surface area contributed by atoms with E-state index in [9.17, 15) is 0 Å². The van der Waals surface area contributed by atoms with Gasteiger partial charge >= 0.3 is 0 Å². The van der Waals surface area contributed by atoms with Gasteiger partial charge in [0.25, 0.3) is 0 Å². The molecule has 1 heterocycles.